The maximum atomic E-state index is 12.4. The highest BCUT2D eigenvalue weighted by Crippen LogP contribution is 2.20. The zero-order chi connectivity index (χ0) is 17.9. The third-order valence-electron chi connectivity index (χ3n) is 3.51. The van der Waals surface area contributed by atoms with Crippen molar-refractivity contribution in [2.24, 2.45) is 0 Å². The number of anilines is 1. The fraction of sp³-hybridized carbons (Fsp3) is 0.235. The van der Waals surface area contributed by atoms with Gasteiger partial charge >= 0.3 is 0 Å². The van der Waals surface area contributed by atoms with E-state index in [0.29, 0.717) is 16.3 Å². The minimum atomic E-state index is -3.41. The summed E-state index contributed by atoms with van der Waals surface area (Å²) in [6.45, 7) is 3.64. The lowest BCUT2D eigenvalue weighted by Crippen LogP contribution is -2.26. The summed E-state index contributed by atoms with van der Waals surface area (Å²) < 4.78 is 25.2. The smallest absolute Gasteiger partial charge is 0.251 e. The molecule has 2 aromatic rings. The molecule has 0 saturated heterocycles. The summed E-state index contributed by atoms with van der Waals surface area (Å²) in [5, 5.41) is 3.51. The molecule has 0 radical (unpaired) electrons. The van der Waals surface area contributed by atoms with Crippen LogP contribution in [0.25, 0.3) is 0 Å². The summed E-state index contributed by atoms with van der Waals surface area (Å²) in [6.07, 6.45) is 1.07. The molecule has 0 aliphatic heterocycles. The Bertz CT molecular complexity index is 849. The summed E-state index contributed by atoms with van der Waals surface area (Å²) in [5.41, 5.74) is 2.44. The number of sulfonamides is 1. The van der Waals surface area contributed by atoms with E-state index in [4.69, 9.17) is 11.6 Å². The predicted molar refractivity (Wildman–Crippen MR) is 97.0 cm³/mol. The fourth-order valence-electron chi connectivity index (χ4n) is 2.19. The minimum Gasteiger partial charge on any atom is -0.346 e. The van der Waals surface area contributed by atoms with Gasteiger partial charge in [-0.2, -0.15) is 0 Å². The average molecular weight is 367 g/mol. The quantitative estimate of drug-likeness (QED) is 0.850. The maximum absolute atomic E-state index is 12.4. The topological polar surface area (TPSA) is 75.3 Å². The van der Waals surface area contributed by atoms with Crippen LogP contribution in [0.15, 0.2) is 42.5 Å². The number of carbonyl (C=O) groups excluding carboxylic acids is 1. The molecule has 0 aromatic heterocycles. The largest absolute Gasteiger partial charge is 0.346 e. The van der Waals surface area contributed by atoms with E-state index >= 15 is 0 Å². The van der Waals surface area contributed by atoms with E-state index in [1.165, 1.54) is 6.07 Å². The van der Waals surface area contributed by atoms with Crippen LogP contribution in [-0.2, 0) is 10.0 Å². The van der Waals surface area contributed by atoms with Gasteiger partial charge in [-0.1, -0.05) is 29.8 Å². The van der Waals surface area contributed by atoms with Gasteiger partial charge < -0.3 is 5.32 Å². The first kappa shape index (κ1) is 18.3. The van der Waals surface area contributed by atoms with Gasteiger partial charge in [0.05, 0.1) is 18.0 Å². The second-order valence-corrected chi connectivity index (χ2v) is 7.84. The van der Waals surface area contributed by atoms with E-state index in [1.54, 1.807) is 31.2 Å². The van der Waals surface area contributed by atoms with E-state index in [1.807, 2.05) is 19.1 Å². The van der Waals surface area contributed by atoms with E-state index in [-0.39, 0.29) is 11.9 Å². The van der Waals surface area contributed by atoms with E-state index in [0.717, 1.165) is 17.4 Å². The molecule has 0 saturated carbocycles. The summed E-state index contributed by atoms with van der Waals surface area (Å²) in [7, 11) is -3.41. The van der Waals surface area contributed by atoms with Crippen molar-refractivity contribution in [3.8, 4) is 0 Å². The molecule has 0 aliphatic carbocycles. The lowest BCUT2D eigenvalue weighted by atomic mass is 10.1. The SMILES string of the molecule is Cc1ccc(C(=O)NC(C)c2ccc(Cl)cc2)cc1NS(C)(=O)=O. The van der Waals surface area contributed by atoms with Crippen molar-refractivity contribution in [1.29, 1.82) is 0 Å². The molecule has 5 nitrogen and oxygen atoms in total. The molecule has 2 aromatic carbocycles. The molecule has 2 N–H and O–H groups in total. The highest BCUT2D eigenvalue weighted by atomic mass is 35.5. The average Bonchev–Trinajstić information content (AvgIpc) is 2.48. The number of hydrogen-bond donors (Lipinski definition) is 2. The van der Waals surface area contributed by atoms with Gasteiger partial charge in [-0.3, -0.25) is 9.52 Å². The summed E-state index contributed by atoms with van der Waals surface area (Å²) in [5.74, 6) is -0.283. The molecule has 1 unspecified atom stereocenters. The van der Waals surface area contributed by atoms with Gasteiger partial charge in [0.25, 0.3) is 5.91 Å². The number of benzene rings is 2. The highest BCUT2D eigenvalue weighted by molar-refractivity contribution is 7.92. The van der Waals surface area contributed by atoms with Crippen molar-refractivity contribution in [3.05, 3.63) is 64.2 Å². The molecule has 1 amide bonds. The van der Waals surface area contributed by atoms with E-state index in [9.17, 15) is 13.2 Å². The lowest BCUT2D eigenvalue weighted by molar-refractivity contribution is 0.0940. The lowest BCUT2D eigenvalue weighted by Gasteiger charge is -2.15. The van der Waals surface area contributed by atoms with Crippen molar-refractivity contribution < 1.29 is 13.2 Å². The monoisotopic (exact) mass is 366 g/mol. The Morgan fingerprint density at radius 3 is 2.33 bits per heavy atom. The Morgan fingerprint density at radius 2 is 1.75 bits per heavy atom. The molecule has 2 rings (SSSR count). The molecule has 0 fully saturated rings. The number of rotatable bonds is 5. The molecule has 0 heterocycles. The first-order valence-corrected chi connectivity index (χ1v) is 9.57. The Balaban J connectivity index is 2.17. The van der Waals surface area contributed by atoms with Gasteiger partial charge in [0, 0.05) is 10.6 Å². The van der Waals surface area contributed by atoms with Gasteiger partial charge in [-0.25, -0.2) is 8.42 Å². The Morgan fingerprint density at radius 1 is 1.12 bits per heavy atom. The van der Waals surface area contributed by atoms with Gasteiger partial charge in [0.1, 0.15) is 0 Å². The van der Waals surface area contributed by atoms with Crippen LogP contribution in [0, 0.1) is 6.92 Å². The first-order chi connectivity index (χ1) is 11.2. The molecule has 24 heavy (non-hydrogen) atoms. The normalized spacial score (nSPS) is 12.5. The summed E-state index contributed by atoms with van der Waals surface area (Å²) >= 11 is 5.86. The zero-order valence-corrected chi connectivity index (χ0v) is 15.2. The van der Waals surface area contributed by atoms with Crippen LogP contribution in [0.4, 0.5) is 5.69 Å². The first-order valence-electron chi connectivity index (χ1n) is 7.30. The highest BCUT2D eigenvalue weighted by Gasteiger charge is 2.14. The molecule has 0 spiro atoms. The van der Waals surface area contributed by atoms with Crippen molar-refractivity contribution >= 4 is 33.2 Å². The van der Waals surface area contributed by atoms with Crippen LogP contribution in [0.3, 0.4) is 0 Å². The van der Waals surface area contributed by atoms with E-state index in [2.05, 4.69) is 10.0 Å². The van der Waals surface area contributed by atoms with Crippen LogP contribution >= 0.6 is 11.6 Å². The zero-order valence-electron chi connectivity index (χ0n) is 13.6. The molecule has 1 atom stereocenters. The molecule has 128 valence electrons. The van der Waals surface area contributed by atoms with Gasteiger partial charge in [0.15, 0.2) is 0 Å². The van der Waals surface area contributed by atoms with Crippen molar-refractivity contribution in [2.45, 2.75) is 19.9 Å². The third kappa shape index (κ3) is 4.97. The number of carbonyl (C=O) groups is 1. The second kappa shape index (κ2) is 7.23. The van der Waals surface area contributed by atoms with Crippen LogP contribution in [-0.4, -0.2) is 20.6 Å². The number of aryl methyl sites for hydroxylation is 1. The number of halogens is 1. The van der Waals surface area contributed by atoms with Crippen LogP contribution < -0.4 is 10.0 Å². The predicted octanol–water partition coefficient (Wildman–Crippen LogP) is 3.51. The third-order valence-corrected chi connectivity index (χ3v) is 4.36. The van der Waals surface area contributed by atoms with Gasteiger partial charge in [0.2, 0.25) is 10.0 Å². The molecule has 0 bridgehead atoms. The fourth-order valence-corrected chi connectivity index (χ4v) is 2.93. The van der Waals surface area contributed by atoms with Gasteiger partial charge in [-0.05, 0) is 49.2 Å². The number of amides is 1. The molecule has 0 aliphatic rings. The summed E-state index contributed by atoms with van der Waals surface area (Å²) in [6, 6.07) is 11.9. The van der Waals surface area contributed by atoms with Crippen LogP contribution in [0.2, 0.25) is 5.02 Å². The Kier molecular flexibility index (Phi) is 5.51. The van der Waals surface area contributed by atoms with Crippen molar-refractivity contribution in [3.63, 3.8) is 0 Å². The van der Waals surface area contributed by atoms with E-state index < -0.39 is 10.0 Å². The molecule has 7 heteroatoms. The van der Waals surface area contributed by atoms with Crippen molar-refractivity contribution in [1.82, 2.24) is 5.32 Å². The standard InChI is InChI=1S/C17H19ClN2O3S/c1-11-4-5-14(10-16(11)20-24(3,22)23)17(21)19-12(2)13-6-8-15(18)9-7-13/h4-10,12,20H,1-3H3,(H,19,21). The summed E-state index contributed by atoms with van der Waals surface area (Å²) in [4.78, 5) is 12.4. The van der Waals surface area contributed by atoms with Crippen LogP contribution in [0.1, 0.15) is 34.5 Å². The second-order valence-electron chi connectivity index (χ2n) is 5.65. The molecular weight excluding hydrogens is 348 g/mol. The number of hydrogen-bond acceptors (Lipinski definition) is 3. The maximum Gasteiger partial charge on any atom is 0.251 e. The minimum absolute atomic E-state index is 0.206. The van der Waals surface area contributed by atoms with Crippen LogP contribution in [0.5, 0.6) is 0 Å². The van der Waals surface area contributed by atoms with Crippen molar-refractivity contribution in [2.75, 3.05) is 11.0 Å². The van der Waals surface area contributed by atoms with Gasteiger partial charge in [-0.15, -0.1) is 0 Å². The Hall–Kier alpha value is -2.05. The Labute approximate surface area is 147 Å². The molecular formula is C17H19ClN2O3S. The number of nitrogens with one attached hydrogen (secondary N) is 2.